The molecule has 1 N–H and O–H groups in total. The van der Waals surface area contributed by atoms with E-state index in [0.29, 0.717) is 6.54 Å². The third kappa shape index (κ3) is 3.98. The number of aromatic nitrogens is 4. The van der Waals surface area contributed by atoms with E-state index < -0.39 is 0 Å². The molecule has 3 rings (SSSR count). The molecule has 0 bridgehead atoms. The molecule has 6 nitrogen and oxygen atoms in total. The van der Waals surface area contributed by atoms with E-state index in [4.69, 9.17) is 0 Å². The minimum atomic E-state index is -0.116. The second kappa shape index (κ2) is 7.68. The van der Waals surface area contributed by atoms with Crippen molar-refractivity contribution in [2.24, 2.45) is 0 Å². The third-order valence-electron chi connectivity index (χ3n) is 4.81. The predicted molar refractivity (Wildman–Crippen MR) is 110 cm³/mol. The summed E-state index contributed by atoms with van der Waals surface area (Å²) in [5, 5.41) is 12.0. The van der Waals surface area contributed by atoms with Crippen LogP contribution in [0.25, 0.3) is 0 Å². The first-order valence-corrected chi connectivity index (χ1v) is 9.65. The topological polar surface area (TPSA) is 64.7 Å². The molecule has 3 aromatic rings. The van der Waals surface area contributed by atoms with Crippen molar-refractivity contribution in [3.8, 4) is 0 Å². The number of nitrogens with one attached hydrogen (secondary N) is 1. The average molecular weight is 430 g/mol. The van der Waals surface area contributed by atoms with E-state index in [0.717, 1.165) is 32.9 Å². The Kier molecular flexibility index (Phi) is 5.51. The summed E-state index contributed by atoms with van der Waals surface area (Å²) in [5.41, 5.74) is 6.78. The van der Waals surface area contributed by atoms with Crippen molar-refractivity contribution in [2.45, 2.75) is 47.7 Å². The summed E-state index contributed by atoms with van der Waals surface area (Å²) in [6, 6.07) is 8.26. The highest BCUT2D eigenvalue weighted by Crippen LogP contribution is 2.22. The van der Waals surface area contributed by atoms with Crippen LogP contribution < -0.4 is 5.32 Å². The lowest BCUT2D eigenvalue weighted by atomic mass is 10.1. The first kappa shape index (κ1) is 19.4. The van der Waals surface area contributed by atoms with Crippen molar-refractivity contribution >= 4 is 27.5 Å². The Morgan fingerprint density at radius 2 is 1.67 bits per heavy atom. The van der Waals surface area contributed by atoms with Gasteiger partial charge in [-0.3, -0.25) is 14.2 Å². The molecule has 142 valence electrons. The maximum absolute atomic E-state index is 12.6. The van der Waals surface area contributed by atoms with Gasteiger partial charge >= 0.3 is 0 Å². The Bertz CT molecular complexity index is 1000. The number of amides is 1. The number of nitrogens with zero attached hydrogens (tertiary/aromatic N) is 4. The Morgan fingerprint density at radius 1 is 1.00 bits per heavy atom. The number of rotatable bonds is 5. The molecule has 1 aromatic carbocycles. The van der Waals surface area contributed by atoms with Crippen LogP contribution in [0, 0.1) is 34.6 Å². The molecule has 2 heterocycles. The summed E-state index contributed by atoms with van der Waals surface area (Å²) in [5.74, 6) is -0.116. The number of hydrogen-bond donors (Lipinski definition) is 1. The summed E-state index contributed by atoms with van der Waals surface area (Å²) in [7, 11) is 0. The number of aryl methyl sites for hydroxylation is 3. The fraction of sp³-hybridized carbons (Fsp3) is 0.350. The number of carbonyl (C=O) groups is 1. The van der Waals surface area contributed by atoms with E-state index in [1.165, 1.54) is 11.1 Å². The number of anilines is 1. The van der Waals surface area contributed by atoms with Gasteiger partial charge in [0.2, 0.25) is 5.91 Å². The van der Waals surface area contributed by atoms with Crippen LogP contribution in [0.1, 0.15) is 33.9 Å². The van der Waals surface area contributed by atoms with Gasteiger partial charge < -0.3 is 5.32 Å². The van der Waals surface area contributed by atoms with Crippen molar-refractivity contribution in [3.63, 3.8) is 0 Å². The van der Waals surface area contributed by atoms with Gasteiger partial charge in [0.1, 0.15) is 6.54 Å². The van der Waals surface area contributed by atoms with Crippen LogP contribution in [0.4, 0.5) is 5.69 Å². The first-order valence-electron chi connectivity index (χ1n) is 8.85. The molecule has 0 spiro atoms. The van der Waals surface area contributed by atoms with E-state index in [1.54, 1.807) is 4.68 Å². The van der Waals surface area contributed by atoms with Gasteiger partial charge in [-0.1, -0.05) is 24.3 Å². The van der Waals surface area contributed by atoms with Crippen LogP contribution in [0.15, 0.2) is 28.7 Å². The molecule has 7 heteroatoms. The fourth-order valence-corrected chi connectivity index (χ4v) is 3.41. The minimum absolute atomic E-state index is 0.116. The SMILES string of the molecule is Cc1ccccc1Cn1nc(C)c(NC(=O)Cn2nc(C)c(Br)c2C)c1C. The molecule has 0 radical (unpaired) electrons. The summed E-state index contributed by atoms with van der Waals surface area (Å²) in [4.78, 5) is 12.6. The predicted octanol–water partition coefficient (Wildman–Crippen LogP) is 4.07. The van der Waals surface area contributed by atoms with Crippen LogP contribution in [0.5, 0.6) is 0 Å². The molecule has 2 aromatic heterocycles. The zero-order chi connectivity index (χ0) is 19.7. The van der Waals surface area contributed by atoms with Crippen molar-refractivity contribution in [1.82, 2.24) is 19.6 Å². The van der Waals surface area contributed by atoms with E-state index >= 15 is 0 Å². The molecule has 0 aliphatic heterocycles. The number of hydrogen-bond acceptors (Lipinski definition) is 3. The van der Waals surface area contributed by atoms with Gasteiger partial charge in [-0.05, 0) is 61.7 Å². The lowest BCUT2D eigenvalue weighted by molar-refractivity contribution is -0.116. The molecule has 0 atom stereocenters. The fourth-order valence-electron chi connectivity index (χ4n) is 3.12. The van der Waals surface area contributed by atoms with Gasteiger partial charge in [0.25, 0.3) is 0 Å². The Hall–Kier alpha value is -2.41. The van der Waals surface area contributed by atoms with E-state index in [1.807, 2.05) is 44.5 Å². The second-order valence-electron chi connectivity index (χ2n) is 6.82. The summed E-state index contributed by atoms with van der Waals surface area (Å²) in [6.07, 6.45) is 0. The van der Waals surface area contributed by atoms with Crippen molar-refractivity contribution in [1.29, 1.82) is 0 Å². The van der Waals surface area contributed by atoms with Crippen LogP contribution in [0.2, 0.25) is 0 Å². The Balaban J connectivity index is 1.77. The second-order valence-corrected chi connectivity index (χ2v) is 7.61. The zero-order valence-electron chi connectivity index (χ0n) is 16.3. The van der Waals surface area contributed by atoms with Gasteiger partial charge in [-0.25, -0.2) is 0 Å². The molecule has 0 saturated heterocycles. The lowest BCUT2D eigenvalue weighted by Crippen LogP contribution is -2.21. The number of halogens is 1. The molecule has 0 aliphatic rings. The van der Waals surface area contributed by atoms with Gasteiger partial charge in [0, 0.05) is 0 Å². The molecule has 0 unspecified atom stereocenters. The molecular formula is C20H24BrN5O. The maximum atomic E-state index is 12.6. The summed E-state index contributed by atoms with van der Waals surface area (Å²) in [6.45, 7) is 10.7. The van der Waals surface area contributed by atoms with E-state index in [2.05, 4.69) is 50.5 Å². The molecule has 0 saturated carbocycles. The highest BCUT2D eigenvalue weighted by atomic mass is 79.9. The Morgan fingerprint density at radius 3 is 2.30 bits per heavy atom. The van der Waals surface area contributed by atoms with Crippen molar-refractivity contribution in [3.05, 3.63) is 62.6 Å². The maximum Gasteiger partial charge on any atom is 0.246 e. The Labute approximate surface area is 167 Å². The highest BCUT2D eigenvalue weighted by molar-refractivity contribution is 9.10. The molecule has 0 fully saturated rings. The van der Waals surface area contributed by atoms with Crippen LogP contribution >= 0.6 is 15.9 Å². The van der Waals surface area contributed by atoms with Gasteiger partial charge in [0.15, 0.2) is 0 Å². The largest absolute Gasteiger partial charge is 0.321 e. The van der Waals surface area contributed by atoms with Gasteiger partial charge in [0.05, 0.1) is 39.5 Å². The summed E-state index contributed by atoms with van der Waals surface area (Å²) < 4.78 is 4.58. The van der Waals surface area contributed by atoms with Crippen LogP contribution in [-0.4, -0.2) is 25.5 Å². The van der Waals surface area contributed by atoms with Crippen molar-refractivity contribution < 1.29 is 4.79 Å². The molecule has 27 heavy (non-hydrogen) atoms. The normalized spacial score (nSPS) is 11.0. The van der Waals surface area contributed by atoms with Crippen LogP contribution in [-0.2, 0) is 17.9 Å². The first-order chi connectivity index (χ1) is 12.8. The third-order valence-corrected chi connectivity index (χ3v) is 5.96. The lowest BCUT2D eigenvalue weighted by Gasteiger charge is -2.09. The average Bonchev–Trinajstić information content (AvgIpc) is 3.01. The standard InChI is InChI=1S/C20H24BrN5O/c1-12-8-6-7-9-17(12)10-25-16(5)20(14(3)24-25)22-18(27)11-26-15(4)19(21)13(2)23-26/h6-9H,10-11H2,1-5H3,(H,22,27). The van der Waals surface area contributed by atoms with Crippen LogP contribution in [0.3, 0.4) is 0 Å². The van der Waals surface area contributed by atoms with E-state index in [9.17, 15) is 4.79 Å². The summed E-state index contributed by atoms with van der Waals surface area (Å²) >= 11 is 3.49. The van der Waals surface area contributed by atoms with Crippen molar-refractivity contribution in [2.75, 3.05) is 5.32 Å². The van der Waals surface area contributed by atoms with E-state index in [-0.39, 0.29) is 12.5 Å². The number of benzene rings is 1. The minimum Gasteiger partial charge on any atom is -0.321 e. The number of carbonyl (C=O) groups excluding carboxylic acids is 1. The zero-order valence-corrected chi connectivity index (χ0v) is 17.9. The molecular weight excluding hydrogens is 406 g/mol. The molecule has 1 amide bonds. The van der Waals surface area contributed by atoms with Gasteiger partial charge in [-0.2, -0.15) is 10.2 Å². The molecule has 0 aliphatic carbocycles. The smallest absolute Gasteiger partial charge is 0.246 e. The van der Waals surface area contributed by atoms with Gasteiger partial charge in [-0.15, -0.1) is 0 Å². The monoisotopic (exact) mass is 429 g/mol. The highest BCUT2D eigenvalue weighted by Gasteiger charge is 2.17. The quantitative estimate of drug-likeness (QED) is 0.664.